The summed E-state index contributed by atoms with van der Waals surface area (Å²) >= 11 is 0. The van der Waals surface area contributed by atoms with E-state index < -0.39 is 5.97 Å². The molecular formula is C28H54O2. The Morgan fingerprint density at radius 3 is 1.13 bits per heavy atom. The molecule has 0 aliphatic rings. The molecule has 0 rings (SSSR count). The maximum atomic E-state index is 10.4. The van der Waals surface area contributed by atoms with Gasteiger partial charge in [0.25, 0.3) is 0 Å². The smallest absolute Gasteiger partial charge is 0.303 e. The van der Waals surface area contributed by atoms with Gasteiger partial charge in [-0.25, -0.2) is 0 Å². The van der Waals surface area contributed by atoms with Gasteiger partial charge in [-0.15, -0.1) is 0 Å². The summed E-state index contributed by atoms with van der Waals surface area (Å²) in [5, 5.41) is 8.59. The van der Waals surface area contributed by atoms with E-state index in [-0.39, 0.29) is 0 Å². The van der Waals surface area contributed by atoms with Crippen molar-refractivity contribution in [1.82, 2.24) is 0 Å². The van der Waals surface area contributed by atoms with Crippen molar-refractivity contribution < 1.29 is 9.90 Å². The minimum Gasteiger partial charge on any atom is -0.481 e. The highest BCUT2D eigenvalue weighted by atomic mass is 16.4. The molecule has 0 spiro atoms. The second-order valence-corrected chi connectivity index (χ2v) is 9.26. The maximum Gasteiger partial charge on any atom is 0.303 e. The SMILES string of the molecule is CCCCCCC=CCCCCCCCCCCCCCCCCCCCC(=O)O. The van der Waals surface area contributed by atoms with Crippen LogP contribution in [0, 0.1) is 0 Å². The molecule has 0 aromatic rings. The van der Waals surface area contributed by atoms with Crippen molar-refractivity contribution >= 4 is 5.97 Å². The highest BCUT2D eigenvalue weighted by molar-refractivity contribution is 5.66. The van der Waals surface area contributed by atoms with Crippen LogP contribution < -0.4 is 0 Å². The van der Waals surface area contributed by atoms with Crippen LogP contribution in [0.4, 0.5) is 0 Å². The summed E-state index contributed by atoms with van der Waals surface area (Å²) in [5.74, 6) is -0.651. The number of aliphatic carboxylic acids is 1. The molecule has 0 radical (unpaired) electrons. The molecule has 178 valence electrons. The number of unbranched alkanes of at least 4 members (excludes halogenated alkanes) is 21. The van der Waals surface area contributed by atoms with Gasteiger partial charge in [-0.2, -0.15) is 0 Å². The lowest BCUT2D eigenvalue weighted by atomic mass is 10.0. The van der Waals surface area contributed by atoms with E-state index >= 15 is 0 Å². The third-order valence-electron chi connectivity index (χ3n) is 6.15. The Balaban J connectivity index is 3.05. The standard InChI is InChI=1S/C28H54O2/c1-2-3-4-5-6-7-8-9-10-11-12-13-14-15-16-17-18-19-20-21-22-23-24-25-26-27-28(29)30/h7-8H,2-6,9-27H2,1H3,(H,29,30). The monoisotopic (exact) mass is 422 g/mol. The van der Waals surface area contributed by atoms with Crippen molar-refractivity contribution in [2.75, 3.05) is 0 Å². The second kappa shape index (κ2) is 26.2. The highest BCUT2D eigenvalue weighted by Crippen LogP contribution is 2.14. The normalized spacial score (nSPS) is 11.5. The molecule has 2 nitrogen and oxygen atoms in total. The molecule has 0 bridgehead atoms. The summed E-state index contributed by atoms with van der Waals surface area (Å²) in [6, 6.07) is 0. The number of rotatable bonds is 25. The molecule has 0 aliphatic heterocycles. The van der Waals surface area contributed by atoms with Crippen molar-refractivity contribution in [1.29, 1.82) is 0 Å². The van der Waals surface area contributed by atoms with E-state index in [0.29, 0.717) is 6.42 Å². The van der Waals surface area contributed by atoms with Crippen LogP contribution in [0.5, 0.6) is 0 Å². The third-order valence-corrected chi connectivity index (χ3v) is 6.15. The first-order valence-corrected chi connectivity index (χ1v) is 13.6. The Bertz CT molecular complexity index is 362. The Hall–Kier alpha value is -0.790. The van der Waals surface area contributed by atoms with E-state index in [0.717, 1.165) is 12.8 Å². The van der Waals surface area contributed by atoms with Crippen LogP contribution in [0.1, 0.15) is 161 Å². The van der Waals surface area contributed by atoms with Crippen LogP contribution in [0.3, 0.4) is 0 Å². The van der Waals surface area contributed by atoms with Gasteiger partial charge in [-0.1, -0.05) is 135 Å². The van der Waals surface area contributed by atoms with Crippen LogP contribution in [0.2, 0.25) is 0 Å². The van der Waals surface area contributed by atoms with Gasteiger partial charge in [-0.3, -0.25) is 4.79 Å². The van der Waals surface area contributed by atoms with E-state index in [4.69, 9.17) is 5.11 Å². The summed E-state index contributed by atoms with van der Waals surface area (Å²) in [4.78, 5) is 10.4. The Morgan fingerprint density at radius 1 is 0.500 bits per heavy atom. The molecule has 0 aromatic carbocycles. The van der Waals surface area contributed by atoms with E-state index in [9.17, 15) is 4.79 Å². The largest absolute Gasteiger partial charge is 0.481 e. The molecule has 0 unspecified atom stereocenters. The lowest BCUT2D eigenvalue weighted by Crippen LogP contribution is -1.93. The summed E-state index contributed by atoms with van der Waals surface area (Å²) in [5.41, 5.74) is 0. The van der Waals surface area contributed by atoms with E-state index in [2.05, 4.69) is 19.1 Å². The molecular weight excluding hydrogens is 368 g/mol. The predicted octanol–water partition coefficient (Wildman–Crippen LogP) is 10.0. The molecule has 0 aliphatic carbocycles. The fraction of sp³-hybridized carbons (Fsp3) is 0.893. The molecule has 0 aromatic heterocycles. The number of allylic oxidation sites excluding steroid dienone is 2. The number of carbonyl (C=O) groups is 1. The number of hydrogen-bond acceptors (Lipinski definition) is 1. The maximum absolute atomic E-state index is 10.4. The number of carboxylic acids is 1. The van der Waals surface area contributed by atoms with Crippen LogP contribution in [-0.4, -0.2) is 11.1 Å². The second-order valence-electron chi connectivity index (χ2n) is 9.26. The zero-order valence-electron chi connectivity index (χ0n) is 20.5. The molecule has 0 atom stereocenters. The quantitative estimate of drug-likeness (QED) is 0.117. The van der Waals surface area contributed by atoms with Gasteiger partial charge < -0.3 is 5.11 Å². The topological polar surface area (TPSA) is 37.3 Å². The highest BCUT2D eigenvalue weighted by Gasteiger charge is 1.97. The average Bonchev–Trinajstić information content (AvgIpc) is 2.73. The predicted molar refractivity (Wildman–Crippen MR) is 133 cm³/mol. The van der Waals surface area contributed by atoms with Crippen LogP contribution in [0.15, 0.2) is 12.2 Å². The fourth-order valence-corrected chi connectivity index (χ4v) is 4.11. The molecule has 0 saturated carbocycles. The van der Waals surface area contributed by atoms with Crippen molar-refractivity contribution in [3.8, 4) is 0 Å². The zero-order chi connectivity index (χ0) is 22.0. The van der Waals surface area contributed by atoms with Crippen molar-refractivity contribution in [2.45, 2.75) is 161 Å². The molecule has 2 heteroatoms. The van der Waals surface area contributed by atoms with Crippen molar-refractivity contribution in [3.63, 3.8) is 0 Å². The Kier molecular flexibility index (Phi) is 25.6. The van der Waals surface area contributed by atoms with E-state index in [1.165, 1.54) is 135 Å². The van der Waals surface area contributed by atoms with Gasteiger partial charge in [-0.05, 0) is 32.1 Å². The van der Waals surface area contributed by atoms with Crippen LogP contribution in [-0.2, 0) is 4.79 Å². The molecule has 0 heterocycles. The van der Waals surface area contributed by atoms with Gasteiger partial charge in [0, 0.05) is 6.42 Å². The van der Waals surface area contributed by atoms with E-state index in [1.54, 1.807) is 0 Å². The lowest BCUT2D eigenvalue weighted by Gasteiger charge is -2.03. The summed E-state index contributed by atoms with van der Waals surface area (Å²) in [6.45, 7) is 2.28. The zero-order valence-corrected chi connectivity index (χ0v) is 20.5. The average molecular weight is 423 g/mol. The van der Waals surface area contributed by atoms with Crippen LogP contribution >= 0.6 is 0 Å². The van der Waals surface area contributed by atoms with Gasteiger partial charge >= 0.3 is 5.97 Å². The van der Waals surface area contributed by atoms with Gasteiger partial charge in [0.15, 0.2) is 0 Å². The number of carboxylic acid groups (broad SMARTS) is 1. The fourth-order valence-electron chi connectivity index (χ4n) is 4.11. The van der Waals surface area contributed by atoms with Crippen molar-refractivity contribution in [2.24, 2.45) is 0 Å². The summed E-state index contributed by atoms with van der Waals surface area (Å²) in [6.07, 6.45) is 36.0. The van der Waals surface area contributed by atoms with Gasteiger partial charge in [0.2, 0.25) is 0 Å². The minimum absolute atomic E-state index is 0.344. The molecule has 30 heavy (non-hydrogen) atoms. The summed E-state index contributed by atoms with van der Waals surface area (Å²) in [7, 11) is 0. The number of hydrogen-bond donors (Lipinski definition) is 1. The van der Waals surface area contributed by atoms with Crippen molar-refractivity contribution in [3.05, 3.63) is 12.2 Å². The third kappa shape index (κ3) is 27.2. The Morgan fingerprint density at radius 2 is 0.800 bits per heavy atom. The lowest BCUT2D eigenvalue weighted by molar-refractivity contribution is -0.137. The molecule has 1 N–H and O–H groups in total. The molecule has 0 amide bonds. The Labute approximate surface area is 189 Å². The van der Waals surface area contributed by atoms with Crippen LogP contribution in [0.25, 0.3) is 0 Å². The van der Waals surface area contributed by atoms with Gasteiger partial charge in [0.1, 0.15) is 0 Å². The first kappa shape index (κ1) is 29.2. The molecule has 0 fully saturated rings. The molecule has 0 saturated heterocycles. The minimum atomic E-state index is -0.651. The summed E-state index contributed by atoms with van der Waals surface area (Å²) < 4.78 is 0. The first-order valence-electron chi connectivity index (χ1n) is 13.6. The van der Waals surface area contributed by atoms with E-state index in [1.807, 2.05) is 0 Å². The van der Waals surface area contributed by atoms with Gasteiger partial charge in [0.05, 0.1) is 0 Å². The first-order chi connectivity index (χ1) is 14.8.